The molecule has 0 aromatic heterocycles. The zero-order valence-electron chi connectivity index (χ0n) is 13.4. The number of aryl methyl sites for hydroxylation is 2. The molecule has 112 valence electrons. The maximum Gasteiger partial charge on any atom is 0.119 e. The molecule has 0 saturated heterocycles. The number of ether oxygens (including phenoxy) is 1. The highest BCUT2D eigenvalue weighted by Gasteiger charge is 2.15. The molecule has 1 unspecified atom stereocenters. The van der Waals surface area contributed by atoms with Crippen LogP contribution in [-0.2, 0) is 0 Å². The molecule has 0 spiro atoms. The number of hydrogen-bond acceptors (Lipinski definition) is 2. The molecule has 21 heavy (non-hydrogen) atoms. The van der Waals surface area contributed by atoms with E-state index < -0.39 is 0 Å². The number of nitrogens with one attached hydrogen (secondary N) is 1. The maximum atomic E-state index is 5.53. The summed E-state index contributed by atoms with van der Waals surface area (Å²) in [5, 5.41) is 3.59. The van der Waals surface area contributed by atoms with Gasteiger partial charge in [-0.15, -0.1) is 0 Å². The molecule has 0 radical (unpaired) electrons. The maximum absolute atomic E-state index is 5.53. The fourth-order valence-corrected chi connectivity index (χ4v) is 2.68. The van der Waals surface area contributed by atoms with Gasteiger partial charge in [0.2, 0.25) is 0 Å². The zero-order chi connectivity index (χ0) is 15.2. The second-order valence-corrected chi connectivity index (χ2v) is 5.35. The molecule has 0 saturated carbocycles. The molecule has 0 heterocycles. The third kappa shape index (κ3) is 3.85. The monoisotopic (exact) mass is 283 g/mol. The Kier molecular flexibility index (Phi) is 5.40. The van der Waals surface area contributed by atoms with Crippen LogP contribution >= 0.6 is 0 Å². The predicted molar refractivity (Wildman–Crippen MR) is 89.0 cm³/mol. The Morgan fingerprint density at radius 3 is 2.29 bits per heavy atom. The van der Waals surface area contributed by atoms with Crippen molar-refractivity contribution in [1.82, 2.24) is 5.32 Å². The van der Waals surface area contributed by atoms with E-state index in [0.29, 0.717) is 6.61 Å². The van der Waals surface area contributed by atoms with Crippen molar-refractivity contribution in [1.29, 1.82) is 0 Å². The number of benzene rings is 2. The molecule has 2 rings (SSSR count). The van der Waals surface area contributed by atoms with Gasteiger partial charge in [0.05, 0.1) is 12.6 Å². The van der Waals surface area contributed by atoms with Gasteiger partial charge in [0, 0.05) is 0 Å². The van der Waals surface area contributed by atoms with E-state index in [9.17, 15) is 0 Å². The summed E-state index contributed by atoms with van der Waals surface area (Å²) in [5.41, 5.74) is 5.24. The van der Waals surface area contributed by atoms with E-state index in [0.717, 1.165) is 12.3 Å². The minimum absolute atomic E-state index is 0.228. The Labute approximate surface area is 128 Å². The van der Waals surface area contributed by atoms with Gasteiger partial charge >= 0.3 is 0 Å². The lowest BCUT2D eigenvalue weighted by molar-refractivity contribution is 0.340. The normalized spacial score (nSPS) is 12.2. The number of rotatable bonds is 6. The summed E-state index contributed by atoms with van der Waals surface area (Å²) in [6, 6.07) is 15.3. The molecule has 2 heteroatoms. The van der Waals surface area contributed by atoms with E-state index in [1.54, 1.807) is 0 Å². The summed E-state index contributed by atoms with van der Waals surface area (Å²) >= 11 is 0. The van der Waals surface area contributed by atoms with Crippen molar-refractivity contribution in [3.05, 3.63) is 64.7 Å². The number of hydrogen-bond donors (Lipinski definition) is 1. The van der Waals surface area contributed by atoms with Gasteiger partial charge in [-0.2, -0.15) is 0 Å². The molecule has 0 bridgehead atoms. The van der Waals surface area contributed by atoms with Crippen LogP contribution in [0.25, 0.3) is 0 Å². The van der Waals surface area contributed by atoms with E-state index in [1.807, 2.05) is 19.1 Å². The first-order chi connectivity index (χ1) is 10.2. The highest BCUT2D eigenvalue weighted by Crippen LogP contribution is 2.27. The van der Waals surface area contributed by atoms with E-state index in [4.69, 9.17) is 4.74 Å². The van der Waals surface area contributed by atoms with Crippen molar-refractivity contribution >= 4 is 0 Å². The fraction of sp³-hybridized carbons (Fsp3) is 0.368. The summed E-state index contributed by atoms with van der Waals surface area (Å²) in [6.45, 7) is 10.1. The quantitative estimate of drug-likeness (QED) is 0.848. The molecule has 2 aromatic rings. The van der Waals surface area contributed by atoms with Gasteiger partial charge in [-0.1, -0.05) is 42.8 Å². The Bertz CT molecular complexity index is 575. The van der Waals surface area contributed by atoms with Crippen LogP contribution in [0.2, 0.25) is 0 Å². The standard InChI is InChI=1S/C19H25NO/c1-5-20-19(18-12-7-14(3)13-15(18)4)16-8-10-17(11-9-16)21-6-2/h7-13,19-20H,5-6H2,1-4H3. The zero-order valence-corrected chi connectivity index (χ0v) is 13.4. The van der Waals surface area contributed by atoms with Crippen LogP contribution in [0.4, 0.5) is 0 Å². The van der Waals surface area contributed by atoms with Crippen LogP contribution in [-0.4, -0.2) is 13.2 Å². The van der Waals surface area contributed by atoms with Crippen molar-refractivity contribution in [3.8, 4) is 5.75 Å². The first-order valence-electron chi connectivity index (χ1n) is 7.69. The van der Waals surface area contributed by atoms with Crippen molar-refractivity contribution in [2.75, 3.05) is 13.2 Å². The van der Waals surface area contributed by atoms with Crippen LogP contribution < -0.4 is 10.1 Å². The second-order valence-electron chi connectivity index (χ2n) is 5.35. The van der Waals surface area contributed by atoms with Gasteiger partial charge in [-0.25, -0.2) is 0 Å². The van der Waals surface area contributed by atoms with Gasteiger partial charge in [0.25, 0.3) is 0 Å². The van der Waals surface area contributed by atoms with Gasteiger partial charge in [0.15, 0.2) is 0 Å². The van der Waals surface area contributed by atoms with Crippen LogP contribution in [0.15, 0.2) is 42.5 Å². The first-order valence-corrected chi connectivity index (χ1v) is 7.69. The van der Waals surface area contributed by atoms with Gasteiger partial charge in [-0.05, 0) is 56.1 Å². The molecule has 1 N–H and O–H groups in total. The van der Waals surface area contributed by atoms with Crippen molar-refractivity contribution in [2.45, 2.75) is 33.7 Å². The minimum atomic E-state index is 0.228. The van der Waals surface area contributed by atoms with Crippen molar-refractivity contribution < 1.29 is 4.74 Å². The molecular formula is C19H25NO. The lowest BCUT2D eigenvalue weighted by Crippen LogP contribution is -2.22. The summed E-state index contributed by atoms with van der Waals surface area (Å²) in [6.07, 6.45) is 0. The van der Waals surface area contributed by atoms with E-state index in [2.05, 4.69) is 56.4 Å². The van der Waals surface area contributed by atoms with Gasteiger partial charge in [-0.3, -0.25) is 0 Å². The summed E-state index contributed by atoms with van der Waals surface area (Å²) in [7, 11) is 0. The minimum Gasteiger partial charge on any atom is -0.494 e. The smallest absolute Gasteiger partial charge is 0.119 e. The molecule has 1 atom stereocenters. The lowest BCUT2D eigenvalue weighted by atomic mass is 9.94. The van der Waals surface area contributed by atoms with Crippen LogP contribution in [0.5, 0.6) is 5.75 Å². The third-order valence-corrected chi connectivity index (χ3v) is 3.67. The molecule has 0 aliphatic heterocycles. The van der Waals surface area contributed by atoms with Gasteiger partial charge in [0.1, 0.15) is 5.75 Å². The molecule has 0 fully saturated rings. The van der Waals surface area contributed by atoms with E-state index >= 15 is 0 Å². The highest BCUT2D eigenvalue weighted by molar-refractivity contribution is 5.40. The van der Waals surface area contributed by atoms with Crippen LogP contribution in [0, 0.1) is 13.8 Å². The molecule has 0 aliphatic carbocycles. The average molecular weight is 283 g/mol. The summed E-state index contributed by atoms with van der Waals surface area (Å²) in [4.78, 5) is 0. The van der Waals surface area contributed by atoms with Crippen LogP contribution in [0.3, 0.4) is 0 Å². The van der Waals surface area contributed by atoms with Crippen LogP contribution in [0.1, 0.15) is 42.1 Å². The van der Waals surface area contributed by atoms with Gasteiger partial charge < -0.3 is 10.1 Å². The van der Waals surface area contributed by atoms with E-state index in [-0.39, 0.29) is 6.04 Å². The Morgan fingerprint density at radius 2 is 1.71 bits per heavy atom. The Balaban J connectivity index is 2.33. The van der Waals surface area contributed by atoms with Crippen molar-refractivity contribution in [3.63, 3.8) is 0 Å². The van der Waals surface area contributed by atoms with Crippen molar-refractivity contribution in [2.24, 2.45) is 0 Å². The molecular weight excluding hydrogens is 258 g/mol. The third-order valence-electron chi connectivity index (χ3n) is 3.67. The largest absolute Gasteiger partial charge is 0.494 e. The molecule has 0 amide bonds. The fourth-order valence-electron chi connectivity index (χ4n) is 2.68. The second kappa shape index (κ2) is 7.28. The Hall–Kier alpha value is -1.80. The van der Waals surface area contributed by atoms with E-state index in [1.165, 1.54) is 22.3 Å². The lowest BCUT2D eigenvalue weighted by Gasteiger charge is -2.21. The SMILES string of the molecule is CCNC(c1ccc(OCC)cc1)c1ccc(C)cc1C. The predicted octanol–water partition coefficient (Wildman–Crippen LogP) is 4.40. The summed E-state index contributed by atoms with van der Waals surface area (Å²) < 4.78 is 5.53. The molecule has 2 aromatic carbocycles. The molecule has 0 aliphatic rings. The molecule has 2 nitrogen and oxygen atoms in total. The summed E-state index contributed by atoms with van der Waals surface area (Å²) in [5.74, 6) is 0.928. The Morgan fingerprint density at radius 1 is 1.00 bits per heavy atom. The topological polar surface area (TPSA) is 21.3 Å². The highest BCUT2D eigenvalue weighted by atomic mass is 16.5. The average Bonchev–Trinajstić information content (AvgIpc) is 2.47. The first kappa shape index (κ1) is 15.6.